The molecule has 0 spiro atoms. The van der Waals surface area contributed by atoms with E-state index in [9.17, 15) is 4.79 Å². The summed E-state index contributed by atoms with van der Waals surface area (Å²) >= 11 is 0. The van der Waals surface area contributed by atoms with Gasteiger partial charge >= 0.3 is 0 Å². The van der Waals surface area contributed by atoms with E-state index >= 15 is 0 Å². The first kappa shape index (κ1) is 9.52. The van der Waals surface area contributed by atoms with Crippen molar-refractivity contribution in [1.82, 2.24) is 5.32 Å². The summed E-state index contributed by atoms with van der Waals surface area (Å²) in [7, 11) is 0. The van der Waals surface area contributed by atoms with E-state index in [0.29, 0.717) is 25.6 Å². The molecule has 1 aliphatic heterocycles. The highest BCUT2D eigenvalue weighted by molar-refractivity contribution is 5.76. The lowest BCUT2D eigenvalue weighted by Crippen LogP contribution is -2.48. The lowest BCUT2D eigenvalue weighted by Gasteiger charge is -2.27. The predicted molar refractivity (Wildman–Crippen MR) is 46.8 cm³/mol. The fourth-order valence-corrected chi connectivity index (χ4v) is 1.07. The van der Waals surface area contributed by atoms with Crippen molar-refractivity contribution >= 4 is 5.91 Å². The first-order valence-corrected chi connectivity index (χ1v) is 4.59. The van der Waals surface area contributed by atoms with E-state index in [2.05, 4.69) is 19.2 Å². The topological polar surface area (TPSA) is 38.3 Å². The number of rotatable bonds is 4. The van der Waals surface area contributed by atoms with Gasteiger partial charge in [-0.3, -0.25) is 4.79 Å². The van der Waals surface area contributed by atoms with Crippen molar-refractivity contribution in [3.8, 4) is 0 Å². The Morgan fingerprint density at radius 1 is 1.67 bits per heavy atom. The van der Waals surface area contributed by atoms with Crippen LogP contribution in [0.1, 0.15) is 26.7 Å². The summed E-state index contributed by atoms with van der Waals surface area (Å²) in [4.78, 5) is 11.2. The van der Waals surface area contributed by atoms with Crippen molar-refractivity contribution in [1.29, 1.82) is 0 Å². The lowest BCUT2D eigenvalue weighted by atomic mass is 10.0. The minimum absolute atomic E-state index is 0.164. The number of carbonyl (C=O) groups is 1. The molecule has 1 atom stereocenters. The maximum Gasteiger partial charge on any atom is 0.220 e. The molecule has 1 heterocycles. The molecule has 0 radical (unpaired) electrons. The molecule has 1 N–H and O–H groups in total. The second-order valence-corrected chi connectivity index (χ2v) is 3.52. The molecule has 0 aromatic rings. The molecule has 0 saturated carbocycles. The van der Waals surface area contributed by atoms with Gasteiger partial charge in [0.1, 0.15) is 0 Å². The average molecular weight is 171 g/mol. The second kappa shape index (κ2) is 4.45. The molecule has 3 nitrogen and oxygen atoms in total. The summed E-state index contributed by atoms with van der Waals surface area (Å²) in [6.07, 6.45) is 1.71. The summed E-state index contributed by atoms with van der Waals surface area (Å²) in [6.45, 7) is 5.57. The third-order valence-corrected chi connectivity index (χ3v) is 2.23. The monoisotopic (exact) mass is 171 g/mol. The van der Waals surface area contributed by atoms with Crippen LogP contribution in [0.5, 0.6) is 0 Å². The summed E-state index contributed by atoms with van der Waals surface area (Å²) in [5.41, 5.74) is 0. The van der Waals surface area contributed by atoms with Crippen molar-refractivity contribution in [2.45, 2.75) is 32.7 Å². The summed E-state index contributed by atoms with van der Waals surface area (Å²) in [6, 6.07) is 0.279. The van der Waals surface area contributed by atoms with Gasteiger partial charge in [0.05, 0.1) is 19.3 Å². The van der Waals surface area contributed by atoms with Gasteiger partial charge < -0.3 is 10.1 Å². The van der Waals surface area contributed by atoms with Gasteiger partial charge in [-0.2, -0.15) is 0 Å². The summed E-state index contributed by atoms with van der Waals surface area (Å²) in [5, 5.41) is 2.92. The van der Waals surface area contributed by atoms with E-state index in [1.807, 2.05) is 0 Å². The third kappa shape index (κ3) is 2.81. The van der Waals surface area contributed by atoms with Gasteiger partial charge in [0, 0.05) is 6.42 Å². The van der Waals surface area contributed by atoms with Crippen LogP contribution in [0.2, 0.25) is 0 Å². The molecule has 1 amide bonds. The number of carbonyl (C=O) groups excluding carboxylic acids is 1. The number of nitrogens with one attached hydrogen (secondary N) is 1. The average Bonchev–Trinajstić information content (AvgIpc) is 1.97. The summed E-state index contributed by atoms with van der Waals surface area (Å²) in [5.74, 6) is 0.656. The molecule has 1 aliphatic rings. The van der Waals surface area contributed by atoms with Crippen LogP contribution in [-0.2, 0) is 9.53 Å². The zero-order valence-electron chi connectivity index (χ0n) is 7.80. The quantitative estimate of drug-likeness (QED) is 0.683. The molecule has 0 aromatic carbocycles. The van der Waals surface area contributed by atoms with Crippen LogP contribution >= 0.6 is 0 Å². The Morgan fingerprint density at radius 3 is 2.75 bits per heavy atom. The molecule has 3 heteroatoms. The maximum atomic E-state index is 11.2. The summed E-state index contributed by atoms with van der Waals surface area (Å²) < 4.78 is 4.95. The van der Waals surface area contributed by atoms with E-state index < -0.39 is 0 Å². The molecule has 70 valence electrons. The van der Waals surface area contributed by atoms with Crippen LogP contribution in [0.4, 0.5) is 0 Å². The Labute approximate surface area is 73.5 Å². The Morgan fingerprint density at radius 2 is 2.33 bits per heavy atom. The SMILES string of the molecule is CCC(C)CC(=O)NC1COC1. The minimum Gasteiger partial charge on any atom is -0.377 e. The van der Waals surface area contributed by atoms with E-state index in [-0.39, 0.29) is 11.9 Å². The van der Waals surface area contributed by atoms with Gasteiger partial charge in [0.25, 0.3) is 0 Å². The number of amides is 1. The lowest BCUT2D eigenvalue weighted by molar-refractivity contribution is -0.126. The van der Waals surface area contributed by atoms with Crippen LogP contribution in [0.15, 0.2) is 0 Å². The smallest absolute Gasteiger partial charge is 0.220 e. The largest absolute Gasteiger partial charge is 0.377 e. The number of hydrogen-bond donors (Lipinski definition) is 1. The fraction of sp³-hybridized carbons (Fsp3) is 0.889. The van der Waals surface area contributed by atoms with Crippen molar-refractivity contribution < 1.29 is 9.53 Å². The van der Waals surface area contributed by atoms with Crippen molar-refractivity contribution in [3.05, 3.63) is 0 Å². The normalized spacial score (nSPS) is 19.8. The van der Waals surface area contributed by atoms with E-state index in [1.165, 1.54) is 0 Å². The van der Waals surface area contributed by atoms with Gasteiger partial charge in [-0.1, -0.05) is 20.3 Å². The van der Waals surface area contributed by atoms with E-state index in [1.54, 1.807) is 0 Å². The standard InChI is InChI=1S/C9H17NO2/c1-3-7(2)4-9(11)10-8-5-12-6-8/h7-8H,3-6H2,1-2H3,(H,10,11). The van der Waals surface area contributed by atoms with Crippen molar-refractivity contribution in [2.24, 2.45) is 5.92 Å². The molecular formula is C9H17NO2. The molecule has 1 saturated heterocycles. The Balaban J connectivity index is 2.10. The Kier molecular flexibility index (Phi) is 3.53. The highest BCUT2D eigenvalue weighted by Gasteiger charge is 2.20. The first-order chi connectivity index (χ1) is 5.72. The Hall–Kier alpha value is -0.570. The minimum atomic E-state index is 0.164. The van der Waals surface area contributed by atoms with E-state index in [4.69, 9.17) is 4.74 Å². The van der Waals surface area contributed by atoms with Crippen LogP contribution < -0.4 is 5.32 Å². The third-order valence-electron chi connectivity index (χ3n) is 2.23. The van der Waals surface area contributed by atoms with Crippen LogP contribution in [0.25, 0.3) is 0 Å². The van der Waals surface area contributed by atoms with Gasteiger partial charge in [0.2, 0.25) is 5.91 Å². The van der Waals surface area contributed by atoms with Crippen LogP contribution in [-0.4, -0.2) is 25.2 Å². The Bertz CT molecular complexity index is 146. The molecule has 1 unspecified atom stereocenters. The highest BCUT2D eigenvalue weighted by atomic mass is 16.5. The van der Waals surface area contributed by atoms with Gasteiger partial charge in [-0.05, 0) is 5.92 Å². The molecule has 0 aromatic heterocycles. The number of hydrogen-bond acceptors (Lipinski definition) is 2. The maximum absolute atomic E-state index is 11.2. The molecule has 12 heavy (non-hydrogen) atoms. The fourth-order valence-electron chi connectivity index (χ4n) is 1.07. The predicted octanol–water partition coefficient (Wildman–Crippen LogP) is 0.938. The molecular weight excluding hydrogens is 154 g/mol. The first-order valence-electron chi connectivity index (χ1n) is 4.59. The zero-order chi connectivity index (χ0) is 8.97. The van der Waals surface area contributed by atoms with Crippen molar-refractivity contribution in [2.75, 3.05) is 13.2 Å². The second-order valence-electron chi connectivity index (χ2n) is 3.52. The molecule has 0 bridgehead atoms. The van der Waals surface area contributed by atoms with Crippen LogP contribution in [0.3, 0.4) is 0 Å². The van der Waals surface area contributed by atoms with Crippen LogP contribution in [0, 0.1) is 5.92 Å². The van der Waals surface area contributed by atoms with Crippen molar-refractivity contribution in [3.63, 3.8) is 0 Å². The zero-order valence-corrected chi connectivity index (χ0v) is 7.80. The molecule has 1 fully saturated rings. The number of ether oxygens (including phenoxy) is 1. The molecule has 0 aliphatic carbocycles. The van der Waals surface area contributed by atoms with Gasteiger partial charge in [0.15, 0.2) is 0 Å². The molecule has 1 rings (SSSR count). The highest BCUT2D eigenvalue weighted by Crippen LogP contribution is 2.07. The van der Waals surface area contributed by atoms with E-state index in [0.717, 1.165) is 6.42 Å². The van der Waals surface area contributed by atoms with Gasteiger partial charge in [-0.25, -0.2) is 0 Å². The van der Waals surface area contributed by atoms with Gasteiger partial charge in [-0.15, -0.1) is 0 Å².